The summed E-state index contributed by atoms with van der Waals surface area (Å²) in [4.78, 5) is 0. The second-order valence-electron chi connectivity index (χ2n) is 3.61. The number of rotatable bonds is 4. The summed E-state index contributed by atoms with van der Waals surface area (Å²) in [6, 6.07) is 0. The Morgan fingerprint density at radius 2 is 1.07 bits per heavy atom. The Kier molecular flexibility index (Phi) is 3.26. The molecule has 0 spiro atoms. The molecule has 0 bridgehead atoms. The van der Waals surface area contributed by atoms with E-state index in [4.69, 9.17) is 0 Å². The maximum absolute atomic E-state index is 11.6. The van der Waals surface area contributed by atoms with Gasteiger partial charge in [0.25, 0.3) is 0 Å². The highest BCUT2D eigenvalue weighted by molar-refractivity contribution is 8.25. The molecule has 6 heteroatoms. The molecule has 1 heterocycles. The van der Waals surface area contributed by atoms with Crippen LogP contribution in [0.25, 0.3) is 0 Å². The Morgan fingerprint density at radius 3 is 1.29 bits per heavy atom. The highest BCUT2D eigenvalue weighted by Crippen LogP contribution is 2.39. The van der Waals surface area contributed by atoms with Gasteiger partial charge >= 0.3 is 0 Å². The van der Waals surface area contributed by atoms with Gasteiger partial charge in [-0.1, -0.05) is 26.7 Å². The first kappa shape index (κ1) is 12.0. The summed E-state index contributed by atoms with van der Waals surface area (Å²) in [6.45, 7) is 3.58. The van der Waals surface area contributed by atoms with E-state index in [1.165, 1.54) is 0 Å². The molecule has 1 fully saturated rings. The lowest BCUT2D eigenvalue weighted by Crippen LogP contribution is -2.55. The van der Waals surface area contributed by atoms with Crippen LogP contribution in [0.2, 0.25) is 0 Å². The molecule has 4 nitrogen and oxygen atoms in total. The Labute approximate surface area is 85.5 Å². The van der Waals surface area contributed by atoms with E-state index in [1.54, 1.807) is 13.8 Å². The van der Waals surface area contributed by atoms with Crippen molar-refractivity contribution < 1.29 is 16.8 Å². The largest absolute Gasteiger partial charge is 0.226 e. The molecule has 0 unspecified atom stereocenters. The molecule has 1 rings (SSSR count). The number of hydrogen-bond donors (Lipinski definition) is 0. The highest BCUT2D eigenvalue weighted by atomic mass is 32.3. The molecule has 14 heavy (non-hydrogen) atoms. The standard InChI is InChI=1S/C8H16O4S2/c1-3-5-7-13(9,10)8(6-4-2)14(7,11)12/h7-8H,3-6H2,1-2H3. The van der Waals surface area contributed by atoms with Gasteiger partial charge in [0.15, 0.2) is 28.8 Å². The molecule has 0 saturated carbocycles. The Bertz CT molecular complexity index is 333. The zero-order valence-electron chi connectivity index (χ0n) is 8.43. The SMILES string of the molecule is CCCC1S(=O)(=O)C(CCC)S1(=O)=O. The first-order chi connectivity index (χ1) is 6.39. The summed E-state index contributed by atoms with van der Waals surface area (Å²) in [5.74, 6) is 0. The Morgan fingerprint density at radius 1 is 0.786 bits per heavy atom. The van der Waals surface area contributed by atoms with Gasteiger partial charge < -0.3 is 0 Å². The summed E-state index contributed by atoms with van der Waals surface area (Å²) < 4.78 is 44.0. The van der Waals surface area contributed by atoms with Gasteiger partial charge in [-0.2, -0.15) is 0 Å². The molecular formula is C8H16O4S2. The minimum Gasteiger partial charge on any atom is -0.226 e. The maximum atomic E-state index is 11.6. The fraction of sp³-hybridized carbons (Fsp3) is 1.00. The van der Waals surface area contributed by atoms with Crippen LogP contribution >= 0.6 is 0 Å². The molecule has 0 aromatic carbocycles. The predicted molar refractivity (Wildman–Crippen MR) is 55.2 cm³/mol. The van der Waals surface area contributed by atoms with Crippen LogP contribution in [0.5, 0.6) is 0 Å². The van der Waals surface area contributed by atoms with Crippen LogP contribution in [-0.4, -0.2) is 26.0 Å². The summed E-state index contributed by atoms with van der Waals surface area (Å²) in [5, 5.41) is 0. The van der Waals surface area contributed by atoms with Gasteiger partial charge in [0, 0.05) is 0 Å². The average Bonchev–Trinajstić information content (AvgIpc) is 2.09. The maximum Gasteiger partial charge on any atom is 0.184 e. The van der Waals surface area contributed by atoms with Crippen molar-refractivity contribution in [2.45, 2.75) is 48.7 Å². The molecule has 0 N–H and O–H groups in total. The monoisotopic (exact) mass is 240 g/mol. The van der Waals surface area contributed by atoms with Crippen molar-refractivity contribution in [3.8, 4) is 0 Å². The van der Waals surface area contributed by atoms with Gasteiger partial charge in [-0.05, 0) is 12.8 Å². The van der Waals surface area contributed by atoms with E-state index in [-0.39, 0.29) is 12.8 Å². The molecule has 0 atom stereocenters. The number of sulfone groups is 2. The lowest BCUT2D eigenvalue weighted by Gasteiger charge is -2.34. The Hall–Kier alpha value is -0.100. The van der Waals surface area contributed by atoms with Crippen LogP contribution in [0.3, 0.4) is 0 Å². The van der Waals surface area contributed by atoms with E-state index in [2.05, 4.69) is 0 Å². The molecule has 0 radical (unpaired) electrons. The second kappa shape index (κ2) is 3.81. The van der Waals surface area contributed by atoms with E-state index in [9.17, 15) is 16.8 Å². The molecule has 0 aliphatic carbocycles. The molecule has 0 aromatic rings. The van der Waals surface area contributed by atoms with Crippen molar-refractivity contribution in [3.63, 3.8) is 0 Å². The van der Waals surface area contributed by atoms with Crippen molar-refractivity contribution in [1.82, 2.24) is 0 Å². The lowest BCUT2D eigenvalue weighted by atomic mass is 10.4. The van der Waals surface area contributed by atoms with E-state index in [0.29, 0.717) is 12.8 Å². The molecule has 84 valence electrons. The van der Waals surface area contributed by atoms with E-state index in [1.807, 2.05) is 0 Å². The first-order valence-corrected chi connectivity index (χ1v) is 8.06. The summed E-state index contributed by atoms with van der Waals surface area (Å²) in [7, 11) is -6.77. The van der Waals surface area contributed by atoms with Crippen molar-refractivity contribution >= 4 is 19.7 Å². The fourth-order valence-corrected chi connectivity index (χ4v) is 8.50. The third-order valence-corrected chi connectivity index (χ3v) is 9.61. The van der Waals surface area contributed by atoms with Gasteiger partial charge in [0.05, 0.1) is 0 Å². The van der Waals surface area contributed by atoms with Gasteiger partial charge in [0.1, 0.15) is 0 Å². The predicted octanol–water partition coefficient (Wildman–Crippen LogP) is 1.08. The van der Waals surface area contributed by atoms with Crippen LogP contribution < -0.4 is 0 Å². The van der Waals surface area contributed by atoms with Crippen molar-refractivity contribution in [1.29, 1.82) is 0 Å². The minimum absolute atomic E-state index is 0.241. The molecule has 1 aliphatic rings. The molecule has 1 aliphatic heterocycles. The normalized spacial score (nSPS) is 33.6. The van der Waals surface area contributed by atoms with Crippen molar-refractivity contribution in [3.05, 3.63) is 0 Å². The lowest BCUT2D eigenvalue weighted by molar-refractivity contribution is 0.532. The molecule has 0 aromatic heterocycles. The minimum atomic E-state index is -3.38. The van der Waals surface area contributed by atoms with Crippen LogP contribution in [0, 0.1) is 0 Å². The summed E-state index contributed by atoms with van der Waals surface area (Å²) in [5.41, 5.74) is 0. The first-order valence-electron chi connectivity index (χ1n) is 4.84. The zero-order valence-corrected chi connectivity index (χ0v) is 10.1. The van der Waals surface area contributed by atoms with Crippen LogP contribution in [0.4, 0.5) is 0 Å². The van der Waals surface area contributed by atoms with Gasteiger partial charge in [0.2, 0.25) is 0 Å². The van der Waals surface area contributed by atoms with Gasteiger partial charge in [-0.15, -0.1) is 0 Å². The van der Waals surface area contributed by atoms with E-state index < -0.39 is 28.8 Å². The second-order valence-corrected chi connectivity index (χ2v) is 8.84. The smallest absolute Gasteiger partial charge is 0.184 e. The van der Waals surface area contributed by atoms with Crippen LogP contribution in [0.1, 0.15) is 39.5 Å². The van der Waals surface area contributed by atoms with Crippen molar-refractivity contribution in [2.75, 3.05) is 0 Å². The van der Waals surface area contributed by atoms with Crippen LogP contribution in [0.15, 0.2) is 0 Å². The molecular weight excluding hydrogens is 224 g/mol. The topological polar surface area (TPSA) is 68.3 Å². The van der Waals surface area contributed by atoms with E-state index in [0.717, 1.165) is 0 Å². The van der Waals surface area contributed by atoms with Crippen LogP contribution in [-0.2, 0) is 19.7 Å². The number of hydrogen-bond acceptors (Lipinski definition) is 4. The van der Waals surface area contributed by atoms with Gasteiger partial charge in [-0.25, -0.2) is 16.8 Å². The van der Waals surface area contributed by atoms with Crippen molar-refractivity contribution in [2.24, 2.45) is 0 Å². The Balaban J connectivity index is 2.96. The average molecular weight is 240 g/mol. The highest BCUT2D eigenvalue weighted by Gasteiger charge is 2.59. The zero-order chi connectivity index (χ0) is 11.0. The van der Waals surface area contributed by atoms with E-state index >= 15 is 0 Å². The quantitative estimate of drug-likeness (QED) is 0.737. The third kappa shape index (κ3) is 1.58. The molecule has 0 amide bonds. The molecule has 1 saturated heterocycles. The fourth-order valence-electron chi connectivity index (χ4n) is 1.79. The van der Waals surface area contributed by atoms with Gasteiger partial charge in [-0.3, -0.25) is 0 Å². The summed E-state index contributed by atoms with van der Waals surface area (Å²) in [6.07, 6.45) is 1.65. The third-order valence-electron chi connectivity index (χ3n) is 2.51. The summed E-state index contributed by atoms with van der Waals surface area (Å²) >= 11 is 0.